The number of hydrogen-bond acceptors (Lipinski definition) is 7. The standard InChI is InChI=1S/C17H21NO6/c1-16(2,3)14(21)23-12(19)10-7-8-11(18-9-10)13(20)24-15(22)17(4,5)6/h7-9H,1-6H3. The minimum atomic E-state index is -0.916. The Bertz CT molecular complexity index is 603. The van der Waals surface area contributed by atoms with Crippen LogP contribution in [0, 0.1) is 10.8 Å². The number of carbonyl (C=O) groups excluding carboxylic acids is 4. The van der Waals surface area contributed by atoms with Gasteiger partial charge in [-0.25, -0.2) is 14.6 Å². The van der Waals surface area contributed by atoms with Crippen LogP contribution in [0.3, 0.4) is 0 Å². The Morgan fingerprint density at radius 3 is 1.62 bits per heavy atom. The van der Waals surface area contributed by atoms with E-state index in [1.165, 1.54) is 12.1 Å². The molecule has 0 fully saturated rings. The van der Waals surface area contributed by atoms with Crippen molar-refractivity contribution in [2.75, 3.05) is 0 Å². The van der Waals surface area contributed by atoms with Gasteiger partial charge in [-0.05, 0) is 53.7 Å². The number of hydrogen-bond donors (Lipinski definition) is 0. The highest BCUT2D eigenvalue weighted by atomic mass is 16.6. The van der Waals surface area contributed by atoms with Crippen LogP contribution in [0.4, 0.5) is 0 Å². The Morgan fingerprint density at radius 2 is 1.25 bits per heavy atom. The predicted octanol–water partition coefficient (Wildman–Crippen LogP) is 2.54. The Labute approximate surface area is 140 Å². The lowest BCUT2D eigenvalue weighted by molar-refractivity contribution is -0.147. The smallest absolute Gasteiger partial charge is 0.364 e. The van der Waals surface area contributed by atoms with Gasteiger partial charge in [-0.1, -0.05) is 0 Å². The van der Waals surface area contributed by atoms with Gasteiger partial charge >= 0.3 is 23.9 Å². The van der Waals surface area contributed by atoms with Gasteiger partial charge in [0.15, 0.2) is 0 Å². The molecule has 0 amide bonds. The summed E-state index contributed by atoms with van der Waals surface area (Å²) in [5.74, 6) is -3.14. The van der Waals surface area contributed by atoms with Gasteiger partial charge < -0.3 is 9.47 Å². The zero-order valence-corrected chi connectivity index (χ0v) is 14.6. The second kappa shape index (κ2) is 6.90. The highest BCUT2D eigenvalue weighted by molar-refractivity contribution is 5.99. The van der Waals surface area contributed by atoms with E-state index in [-0.39, 0.29) is 11.3 Å². The molecule has 1 rings (SSSR count). The van der Waals surface area contributed by atoms with Crippen LogP contribution in [0.2, 0.25) is 0 Å². The third-order valence-corrected chi connectivity index (χ3v) is 2.80. The van der Waals surface area contributed by atoms with Crippen molar-refractivity contribution in [1.29, 1.82) is 0 Å². The van der Waals surface area contributed by atoms with Crippen LogP contribution in [0.1, 0.15) is 62.4 Å². The van der Waals surface area contributed by atoms with E-state index in [1.807, 2.05) is 0 Å². The van der Waals surface area contributed by atoms with Crippen LogP contribution in [-0.2, 0) is 19.1 Å². The van der Waals surface area contributed by atoms with E-state index in [9.17, 15) is 19.2 Å². The molecule has 0 radical (unpaired) electrons. The molecular formula is C17H21NO6. The molecule has 0 bridgehead atoms. The average molecular weight is 335 g/mol. The third-order valence-electron chi connectivity index (χ3n) is 2.80. The molecule has 0 unspecified atom stereocenters. The summed E-state index contributed by atoms with van der Waals surface area (Å²) < 4.78 is 9.42. The molecule has 1 heterocycles. The number of carbonyl (C=O) groups is 4. The molecule has 1 aromatic heterocycles. The van der Waals surface area contributed by atoms with Gasteiger partial charge in [-0.2, -0.15) is 0 Å². The van der Waals surface area contributed by atoms with Gasteiger partial charge in [0.05, 0.1) is 16.4 Å². The summed E-state index contributed by atoms with van der Waals surface area (Å²) in [6.45, 7) is 9.69. The maximum atomic E-state index is 11.8. The molecule has 7 nitrogen and oxygen atoms in total. The van der Waals surface area contributed by atoms with E-state index in [0.29, 0.717) is 0 Å². The molecule has 1 aromatic rings. The van der Waals surface area contributed by atoms with Crippen LogP contribution in [0.15, 0.2) is 18.3 Å². The Kier molecular flexibility index (Phi) is 5.60. The highest BCUT2D eigenvalue weighted by Crippen LogP contribution is 2.17. The number of pyridine rings is 1. The van der Waals surface area contributed by atoms with E-state index in [4.69, 9.17) is 9.47 Å². The molecule has 7 heteroatoms. The van der Waals surface area contributed by atoms with Crippen molar-refractivity contribution < 1.29 is 28.7 Å². The van der Waals surface area contributed by atoms with Crippen LogP contribution in [0.25, 0.3) is 0 Å². The molecule has 130 valence electrons. The summed E-state index contributed by atoms with van der Waals surface area (Å²) >= 11 is 0. The van der Waals surface area contributed by atoms with E-state index in [1.54, 1.807) is 41.5 Å². The fourth-order valence-corrected chi connectivity index (χ4v) is 1.22. The van der Waals surface area contributed by atoms with Gasteiger partial charge in [0.2, 0.25) is 0 Å². The van der Waals surface area contributed by atoms with Crippen LogP contribution in [0.5, 0.6) is 0 Å². The van der Waals surface area contributed by atoms with Crippen LogP contribution < -0.4 is 0 Å². The van der Waals surface area contributed by atoms with E-state index in [2.05, 4.69) is 4.98 Å². The zero-order valence-electron chi connectivity index (χ0n) is 14.6. The summed E-state index contributed by atoms with van der Waals surface area (Å²) in [5.41, 5.74) is -1.77. The largest absolute Gasteiger partial charge is 0.389 e. The maximum absolute atomic E-state index is 11.8. The molecule has 0 atom stereocenters. The van der Waals surface area contributed by atoms with Crippen molar-refractivity contribution in [3.05, 3.63) is 29.6 Å². The minimum absolute atomic E-state index is 0.00583. The van der Waals surface area contributed by atoms with Crippen molar-refractivity contribution in [1.82, 2.24) is 4.98 Å². The van der Waals surface area contributed by atoms with Crippen molar-refractivity contribution in [3.8, 4) is 0 Å². The molecular weight excluding hydrogens is 314 g/mol. The predicted molar refractivity (Wildman–Crippen MR) is 84.0 cm³/mol. The number of rotatable bonds is 2. The summed E-state index contributed by atoms with van der Waals surface area (Å²) in [6.07, 6.45) is 1.08. The van der Waals surface area contributed by atoms with E-state index in [0.717, 1.165) is 6.20 Å². The third kappa shape index (κ3) is 5.26. The topological polar surface area (TPSA) is 99.6 Å². The first kappa shape index (κ1) is 19.5. The number of ether oxygens (including phenoxy) is 2. The molecule has 0 aromatic carbocycles. The molecule has 0 N–H and O–H groups in total. The zero-order chi connectivity index (χ0) is 18.7. The Balaban J connectivity index is 2.79. The van der Waals surface area contributed by atoms with Gasteiger partial charge in [0.25, 0.3) is 0 Å². The number of nitrogens with zero attached hydrogens (tertiary/aromatic N) is 1. The lowest BCUT2D eigenvalue weighted by Crippen LogP contribution is -2.27. The minimum Gasteiger partial charge on any atom is -0.389 e. The van der Waals surface area contributed by atoms with Crippen molar-refractivity contribution in [2.45, 2.75) is 41.5 Å². The Hall–Kier alpha value is -2.57. The summed E-state index contributed by atoms with van der Waals surface area (Å²) in [5, 5.41) is 0. The first-order chi connectivity index (χ1) is 10.8. The monoisotopic (exact) mass is 335 g/mol. The molecule has 0 aliphatic rings. The van der Waals surface area contributed by atoms with Gasteiger partial charge in [-0.3, -0.25) is 9.59 Å². The summed E-state index contributed by atoms with van der Waals surface area (Å²) in [6, 6.07) is 2.49. The molecule has 0 saturated heterocycles. The summed E-state index contributed by atoms with van der Waals surface area (Å²) in [7, 11) is 0. The van der Waals surface area contributed by atoms with Crippen molar-refractivity contribution in [3.63, 3.8) is 0 Å². The first-order valence-electron chi connectivity index (χ1n) is 7.31. The molecule has 0 spiro atoms. The Morgan fingerprint density at radius 1 is 0.792 bits per heavy atom. The van der Waals surface area contributed by atoms with Crippen molar-refractivity contribution in [2.24, 2.45) is 10.8 Å². The molecule has 0 aliphatic heterocycles. The molecule has 0 saturated carbocycles. The van der Waals surface area contributed by atoms with Gasteiger partial charge in [0.1, 0.15) is 5.69 Å². The first-order valence-corrected chi connectivity index (χ1v) is 7.31. The second-order valence-corrected chi connectivity index (χ2v) is 7.29. The number of esters is 4. The fourth-order valence-electron chi connectivity index (χ4n) is 1.22. The molecule has 24 heavy (non-hydrogen) atoms. The maximum Gasteiger partial charge on any atom is 0.364 e. The quantitative estimate of drug-likeness (QED) is 0.605. The number of aromatic nitrogens is 1. The SMILES string of the molecule is CC(C)(C)C(=O)OC(=O)c1ccc(C(=O)OC(=O)C(C)(C)C)nc1. The summed E-state index contributed by atoms with van der Waals surface area (Å²) in [4.78, 5) is 50.7. The highest BCUT2D eigenvalue weighted by Gasteiger charge is 2.28. The lowest BCUT2D eigenvalue weighted by Gasteiger charge is -2.15. The van der Waals surface area contributed by atoms with Gasteiger partial charge in [0, 0.05) is 6.20 Å². The van der Waals surface area contributed by atoms with Gasteiger partial charge in [-0.15, -0.1) is 0 Å². The second-order valence-electron chi connectivity index (χ2n) is 7.29. The van der Waals surface area contributed by atoms with Crippen LogP contribution in [-0.4, -0.2) is 28.9 Å². The average Bonchev–Trinajstić information content (AvgIpc) is 2.45. The fraction of sp³-hybridized carbons (Fsp3) is 0.471. The lowest BCUT2D eigenvalue weighted by atomic mass is 9.97. The van der Waals surface area contributed by atoms with E-state index < -0.39 is 34.7 Å². The normalized spacial score (nSPS) is 11.6. The van der Waals surface area contributed by atoms with Crippen LogP contribution >= 0.6 is 0 Å². The van der Waals surface area contributed by atoms with Crippen molar-refractivity contribution >= 4 is 23.9 Å². The molecule has 0 aliphatic carbocycles. The van der Waals surface area contributed by atoms with E-state index >= 15 is 0 Å².